The molecule has 0 aliphatic rings. The first-order valence-corrected chi connectivity index (χ1v) is 1.22. The zero-order valence-corrected chi connectivity index (χ0v) is 2.69. The van der Waals surface area contributed by atoms with Crippen molar-refractivity contribution in [3.05, 3.63) is 0 Å². The third kappa shape index (κ3) is 3.53. The fourth-order valence-electron chi connectivity index (χ4n) is 0. The van der Waals surface area contributed by atoms with Crippen LogP contribution in [0.5, 0.6) is 0 Å². The summed E-state index contributed by atoms with van der Waals surface area (Å²) in [6.45, 7) is 0. The molecule has 26 valence electrons. The van der Waals surface area contributed by atoms with E-state index in [1.54, 1.807) is 5.73 Å². The van der Waals surface area contributed by atoms with Crippen LogP contribution in [0.4, 0.5) is 0 Å². The molecule has 2 nitrogen and oxygen atoms in total. The lowest BCUT2D eigenvalue weighted by Crippen LogP contribution is -2.07. The first-order valence-electron chi connectivity index (χ1n) is 1.72. The Balaban J connectivity index is 2.99. The van der Waals surface area contributed by atoms with Crippen molar-refractivity contribution < 1.29 is 6.21 Å². The van der Waals surface area contributed by atoms with Crippen molar-refractivity contribution in [2.75, 3.05) is 0 Å². The maximum Gasteiger partial charge on any atom is 0.208 e. The molecule has 0 aliphatic carbocycles. The number of amides is 1. The number of nitrogens with two attached hydrogens (primary N) is 1. The summed E-state index contributed by atoms with van der Waals surface area (Å²) < 4.78 is 6.13. The first-order chi connectivity index (χ1) is 2.81. The first kappa shape index (κ1) is 2.76. The summed E-state index contributed by atoms with van der Waals surface area (Å²) in [4.78, 5) is 9.76. The van der Waals surface area contributed by atoms with Gasteiger partial charge in [0.25, 0.3) is 0 Å². The van der Waals surface area contributed by atoms with Crippen LogP contribution in [0, 0.1) is 0 Å². The lowest BCUT2D eigenvalue weighted by Gasteiger charge is -1.73. The summed E-state index contributed by atoms with van der Waals surface area (Å²) in [5.41, 5.74) is 1.60. The van der Waals surface area contributed by atoms with Gasteiger partial charge in [-0.05, 0) is 6.32 Å². The molecule has 0 bridgehead atoms. The molecule has 0 aromatic rings. The Morgan fingerprint density at radius 1 is 2.40 bits per heavy atom. The minimum absolute atomic E-state index is 0.108. The van der Waals surface area contributed by atoms with Gasteiger partial charge in [-0.3, -0.25) is 4.79 Å². The standard InChI is InChI=1S/C2H4BNO/c3-1-2(4)5/h1H2,(H2,4,5)/i/hD. The van der Waals surface area contributed by atoms with Gasteiger partial charge < -0.3 is 5.73 Å². The lowest BCUT2D eigenvalue weighted by molar-refractivity contribution is -0.115. The maximum atomic E-state index is 9.76. The van der Waals surface area contributed by atoms with Crippen molar-refractivity contribution in [1.82, 2.24) is 0 Å². The monoisotopic (exact) mass is 70.0 g/mol. The normalized spacial score (nSPS) is 9.20. The quantitative estimate of drug-likeness (QED) is 0.397. The molecule has 1 amide bonds. The van der Waals surface area contributed by atoms with Crippen LogP contribution in [0.3, 0.4) is 0 Å². The van der Waals surface area contributed by atoms with Gasteiger partial charge in [-0.15, -0.1) is 0 Å². The van der Waals surface area contributed by atoms with Crippen LogP contribution in [-0.2, 0) is 4.79 Å². The fraction of sp³-hybridized carbons (Fsp3) is 0.500. The SMILES string of the molecule is [2H]NC(=O)C[B]. The van der Waals surface area contributed by atoms with Crippen LogP contribution in [0.15, 0.2) is 0 Å². The van der Waals surface area contributed by atoms with E-state index in [9.17, 15) is 4.79 Å². The summed E-state index contributed by atoms with van der Waals surface area (Å²) in [6.07, 6.45) is -0.108. The van der Waals surface area contributed by atoms with Crippen LogP contribution >= 0.6 is 0 Å². The van der Waals surface area contributed by atoms with Gasteiger partial charge >= 0.3 is 0 Å². The molecule has 0 aromatic heterocycles. The van der Waals surface area contributed by atoms with Gasteiger partial charge in [-0.1, -0.05) is 0 Å². The molecule has 0 atom stereocenters. The lowest BCUT2D eigenvalue weighted by atomic mass is 10.1. The maximum absolute atomic E-state index is 9.76. The number of rotatable bonds is 1. The molecule has 0 aromatic carbocycles. The third-order valence-corrected chi connectivity index (χ3v) is 0.185. The minimum atomic E-state index is -0.463. The van der Waals surface area contributed by atoms with E-state index in [2.05, 4.69) is 0 Å². The average molecular weight is 69.9 g/mol. The van der Waals surface area contributed by atoms with Crippen LogP contribution in [0.2, 0.25) is 7.73 Å². The second-order valence-corrected chi connectivity index (χ2v) is 0.627. The fourth-order valence-corrected chi connectivity index (χ4v) is 0. The van der Waals surface area contributed by atoms with E-state index in [1.807, 2.05) is 0 Å². The van der Waals surface area contributed by atoms with E-state index in [4.69, 9.17) is 9.26 Å². The Labute approximate surface area is 33.2 Å². The molecular formula is C2H4BNO. The molecule has 5 heavy (non-hydrogen) atoms. The molecule has 0 aliphatic heterocycles. The van der Waals surface area contributed by atoms with Crippen molar-refractivity contribution in [3.8, 4) is 0 Å². The Kier molecular flexibility index (Phi) is 1.00. The molecular weight excluding hydrogens is 64.8 g/mol. The van der Waals surface area contributed by atoms with Crippen LogP contribution in [0.1, 0.15) is 0 Å². The summed E-state index contributed by atoms with van der Waals surface area (Å²) in [6, 6.07) is 0. The number of carbonyl (C=O) groups excluding carboxylic acids is 1. The van der Waals surface area contributed by atoms with Gasteiger partial charge in [0.15, 0.2) is 1.41 Å². The molecule has 2 radical (unpaired) electrons. The van der Waals surface area contributed by atoms with E-state index in [0.29, 0.717) is 0 Å². The van der Waals surface area contributed by atoms with E-state index < -0.39 is 5.91 Å². The summed E-state index contributed by atoms with van der Waals surface area (Å²) in [7, 11) is 4.75. The van der Waals surface area contributed by atoms with Gasteiger partial charge in [-0.2, -0.15) is 0 Å². The topological polar surface area (TPSA) is 43.1 Å². The number of hydrogen-bond acceptors (Lipinski definition) is 1. The highest BCUT2D eigenvalue weighted by molar-refractivity contribution is 6.19. The van der Waals surface area contributed by atoms with E-state index in [0.717, 1.165) is 0 Å². The van der Waals surface area contributed by atoms with Crippen LogP contribution < -0.4 is 5.73 Å². The second-order valence-electron chi connectivity index (χ2n) is 0.627. The predicted octanol–water partition coefficient (Wildman–Crippen LogP) is -0.942. The molecule has 3 heteroatoms. The molecule has 0 saturated carbocycles. The van der Waals surface area contributed by atoms with E-state index in [1.165, 1.54) is 0 Å². The van der Waals surface area contributed by atoms with Gasteiger partial charge in [0.2, 0.25) is 5.91 Å². The molecule has 0 fully saturated rings. The molecule has 0 rings (SSSR count). The van der Waals surface area contributed by atoms with Gasteiger partial charge in [0, 0.05) is 0 Å². The molecule has 0 saturated heterocycles. The van der Waals surface area contributed by atoms with Crippen molar-refractivity contribution in [2.45, 2.75) is 6.32 Å². The third-order valence-electron chi connectivity index (χ3n) is 0.185. The molecule has 0 heterocycles. The number of hydrogen-bond donors (Lipinski definition) is 1. The van der Waals surface area contributed by atoms with Crippen LogP contribution in [-0.4, -0.2) is 13.8 Å². The summed E-state index contributed by atoms with van der Waals surface area (Å²) in [5, 5.41) is 0. The summed E-state index contributed by atoms with van der Waals surface area (Å²) in [5.74, 6) is -0.463. The number of primary amides is 1. The average Bonchev–Trinajstić information content (AvgIpc) is 1.65. The summed E-state index contributed by atoms with van der Waals surface area (Å²) >= 11 is 0. The minimum Gasteiger partial charge on any atom is -0.370 e. The molecule has 2 N–H and O–H groups in total. The Morgan fingerprint density at radius 2 is 3.00 bits per heavy atom. The van der Waals surface area contributed by atoms with Gasteiger partial charge in [0.1, 0.15) is 0 Å². The smallest absolute Gasteiger partial charge is 0.208 e. The Morgan fingerprint density at radius 3 is 3.00 bits per heavy atom. The number of carbonyl (C=O) groups is 1. The Hall–Kier alpha value is -0.465. The van der Waals surface area contributed by atoms with Crippen molar-refractivity contribution >= 4 is 13.8 Å². The van der Waals surface area contributed by atoms with Crippen molar-refractivity contribution in [1.29, 1.82) is 0 Å². The largest absolute Gasteiger partial charge is 0.370 e. The van der Waals surface area contributed by atoms with E-state index in [-0.39, 0.29) is 6.32 Å². The highest BCUT2D eigenvalue weighted by Gasteiger charge is 1.77. The Bertz CT molecular complexity index is 51.5. The zero-order chi connectivity index (χ0) is 4.99. The zero-order valence-electron chi connectivity index (χ0n) is 3.69. The van der Waals surface area contributed by atoms with Gasteiger partial charge in [-0.25, -0.2) is 0 Å². The van der Waals surface area contributed by atoms with Gasteiger partial charge in [0.05, 0.1) is 7.85 Å². The van der Waals surface area contributed by atoms with Crippen molar-refractivity contribution in [3.63, 3.8) is 0 Å². The van der Waals surface area contributed by atoms with Crippen molar-refractivity contribution in [2.24, 2.45) is 5.73 Å². The van der Waals surface area contributed by atoms with E-state index >= 15 is 0 Å². The molecule has 0 spiro atoms. The molecule has 0 unspecified atom stereocenters. The predicted molar refractivity (Wildman–Crippen MR) is 19.8 cm³/mol. The highest BCUT2D eigenvalue weighted by atomic mass is 16.1. The van der Waals surface area contributed by atoms with Crippen LogP contribution in [0.25, 0.3) is 0 Å². The second kappa shape index (κ2) is 1.82. The highest BCUT2D eigenvalue weighted by Crippen LogP contribution is 1.58.